The Labute approximate surface area is 168 Å². The molecule has 6 heteroatoms. The topological polar surface area (TPSA) is 64.7 Å². The lowest BCUT2D eigenvalue weighted by atomic mass is 9.85. The smallest absolute Gasteiger partial charge is 0.240 e. The Morgan fingerprint density at radius 2 is 1.89 bits per heavy atom. The molecule has 1 aromatic carbocycles. The zero-order valence-corrected chi connectivity index (χ0v) is 17.5. The maximum Gasteiger partial charge on any atom is 0.240 e. The molecule has 2 N–H and O–H groups in total. The summed E-state index contributed by atoms with van der Waals surface area (Å²) in [6.45, 7) is 7.98. The first-order valence-corrected chi connectivity index (χ1v) is 10.6. The minimum Gasteiger partial charge on any atom is -0.354 e. The molecule has 1 unspecified atom stereocenters. The lowest BCUT2D eigenvalue weighted by Gasteiger charge is -2.44. The number of piperidine rings is 1. The Hall–Kier alpha value is -1.92. The van der Waals surface area contributed by atoms with Gasteiger partial charge in [-0.3, -0.25) is 19.4 Å². The monoisotopic (exact) mass is 386 g/mol. The summed E-state index contributed by atoms with van der Waals surface area (Å²) in [6.07, 6.45) is 3.64. The van der Waals surface area contributed by atoms with E-state index >= 15 is 0 Å². The van der Waals surface area contributed by atoms with Crippen molar-refractivity contribution in [3.63, 3.8) is 0 Å². The van der Waals surface area contributed by atoms with Gasteiger partial charge in [-0.25, -0.2) is 0 Å². The molecule has 0 bridgehead atoms. The number of anilines is 1. The Balaban J connectivity index is 1.51. The second kappa shape index (κ2) is 9.05. The summed E-state index contributed by atoms with van der Waals surface area (Å²) in [7, 11) is 2.05. The molecule has 3 rings (SSSR count). The van der Waals surface area contributed by atoms with Gasteiger partial charge in [0.2, 0.25) is 11.8 Å². The summed E-state index contributed by atoms with van der Waals surface area (Å²) >= 11 is 0. The fourth-order valence-electron chi connectivity index (χ4n) is 4.29. The van der Waals surface area contributed by atoms with Crippen LogP contribution in [0.4, 0.5) is 5.69 Å². The number of hydrogen-bond donors (Lipinski definition) is 2. The number of nitrogens with zero attached hydrogens (tertiary/aromatic N) is 2. The molecule has 0 aliphatic carbocycles. The molecule has 154 valence electrons. The number of amides is 2. The summed E-state index contributed by atoms with van der Waals surface area (Å²) in [5.41, 5.74) is 1.73. The van der Waals surface area contributed by atoms with E-state index in [0.29, 0.717) is 12.5 Å². The largest absolute Gasteiger partial charge is 0.354 e. The van der Waals surface area contributed by atoms with Crippen molar-refractivity contribution in [3.8, 4) is 0 Å². The molecule has 0 aromatic heterocycles. The van der Waals surface area contributed by atoms with Crippen molar-refractivity contribution in [1.29, 1.82) is 0 Å². The second-order valence-electron chi connectivity index (χ2n) is 8.32. The second-order valence-corrected chi connectivity index (χ2v) is 8.32. The molecule has 2 heterocycles. The van der Waals surface area contributed by atoms with E-state index in [9.17, 15) is 9.59 Å². The average Bonchev–Trinajstić information content (AvgIpc) is 2.83. The molecule has 2 aliphatic heterocycles. The average molecular weight is 387 g/mol. The normalized spacial score (nSPS) is 21.8. The lowest BCUT2D eigenvalue weighted by molar-refractivity contribution is -0.135. The summed E-state index contributed by atoms with van der Waals surface area (Å²) in [6, 6.07) is 8.15. The maximum absolute atomic E-state index is 12.6. The quantitative estimate of drug-likeness (QED) is 0.816. The first-order chi connectivity index (χ1) is 13.4. The van der Waals surface area contributed by atoms with Gasteiger partial charge in [0.25, 0.3) is 0 Å². The van der Waals surface area contributed by atoms with E-state index in [2.05, 4.69) is 53.5 Å². The molecule has 0 radical (unpaired) electrons. The van der Waals surface area contributed by atoms with Gasteiger partial charge >= 0.3 is 0 Å². The van der Waals surface area contributed by atoms with E-state index in [-0.39, 0.29) is 11.8 Å². The number of rotatable bonds is 5. The Morgan fingerprint density at radius 1 is 1.21 bits per heavy atom. The molecule has 0 saturated carbocycles. The van der Waals surface area contributed by atoms with Gasteiger partial charge in [0, 0.05) is 31.9 Å². The number of likely N-dealkylation sites (N-methyl/N-ethyl adjacent to an activating group) is 1. The molecule has 1 aromatic rings. The number of nitrogens with one attached hydrogen (secondary N) is 2. The first-order valence-electron chi connectivity index (χ1n) is 10.6. The molecule has 2 saturated heterocycles. The standard InChI is InChI=1S/C22H34N4O2/c1-4-17(2)18-6-8-19(9-7-18)24-20(27)16-26-14-10-22(11-15-26)21(28)23-12-5-13-25(22)3/h6-9,17H,4-5,10-16H2,1-3H3,(H,23,28)(H,24,27). The van der Waals surface area contributed by atoms with Crippen LogP contribution in [0.1, 0.15) is 51.0 Å². The SMILES string of the molecule is CCC(C)c1ccc(NC(=O)CN2CCC3(CC2)C(=O)NCCCN3C)cc1. The third kappa shape index (κ3) is 4.55. The van der Waals surface area contributed by atoms with E-state index in [1.807, 2.05) is 12.1 Å². The maximum atomic E-state index is 12.6. The van der Waals surface area contributed by atoms with Crippen molar-refractivity contribution in [2.75, 3.05) is 45.1 Å². The summed E-state index contributed by atoms with van der Waals surface area (Å²) < 4.78 is 0. The number of benzene rings is 1. The Bertz CT molecular complexity index is 680. The van der Waals surface area contributed by atoms with Gasteiger partial charge in [-0.2, -0.15) is 0 Å². The van der Waals surface area contributed by atoms with Gasteiger partial charge in [0.05, 0.1) is 6.54 Å². The van der Waals surface area contributed by atoms with Crippen LogP contribution in [0.3, 0.4) is 0 Å². The van der Waals surface area contributed by atoms with Crippen LogP contribution in [-0.4, -0.2) is 66.9 Å². The van der Waals surface area contributed by atoms with Crippen LogP contribution in [0.5, 0.6) is 0 Å². The molecule has 2 aliphatic rings. The zero-order valence-electron chi connectivity index (χ0n) is 17.5. The third-order valence-electron chi connectivity index (χ3n) is 6.54. The summed E-state index contributed by atoms with van der Waals surface area (Å²) in [5.74, 6) is 0.689. The summed E-state index contributed by atoms with van der Waals surface area (Å²) in [4.78, 5) is 29.4. The zero-order chi connectivity index (χ0) is 20.1. The number of likely N-dealkylation sites (tertiary alicyclic amines) is 1. The Morgan fingerprint density at radius 3 is 2.54 bits per heavy atom. The summed E-state index contributed by atoms with van der Waals surface area (Å²) in [5, 5.41) is 6.06. The van der Waals surface area contributed by atoms with Crippen molar-refractivity contribution in [3.05, 3.63) is 29.8 Å². The molecular weight excluding hydrogens is 352 g/mol. The number of carbonyl (C=O) groups is 2. The molecule has 2 fully saturated rings. The van der Waals surface area contributed by atoms with E-state index in [0.717, 1.165) is 57.5 Å². The molecule has 1 spiro atoms. The van der Waals surface area contributed by atoms with Gasteiger partial charge in [-0.05, 0) is 56.3 Å². The highest BCUT2D eigenvalue weighted by Crippen LogP contribution is 2.30. The van der Waals surface area contributed by atoms with E-state index in [1.165, 1.54) is 5.56 Å². The molecule has 2 amide bonds. The van der Waals surface area contributed by atoms with Gasteiger partial charge in [0.1, 0.15) is 5.54 Å². The molecule has 28 heavy (non-hydrogen) atoms. The highest BCUT2D eigenvalue weighted by Gasteiger charge is 2.45. The van der Waals surface area contributed by atoms with Crippen molar-refractivity contribution >= 4 is 17.5 Å². The van der Waals surface area contributed by atoms with Crippen molar-refractivity contribution in [1.82, 2.24) is 15.1 Å². The van der Waals surface area contributed by atoms with Crippen molar-refractivity contribution in [2.45, 2.75) is 51.0 Å². The highest BCUT2D eigenvalue weighted by molar-refractivity contribution is 5.92. The fourth-order valence-corrected chi connectivity index (χ4v) is 4.29. The van der Waals surface area contributed by atoms with Gasteiger partial charge in [-0.1, -0.05) is 26.0 Å². The van der Waals surface area contributed by atoms with Crippen LogP contribution in [0, 0.1) is 0 Å². The van der Waals surface area contributed by atoms with E-state index < -0.39 is 5.54 Å². The fraction of sp³-hybridized carbons (Fsp3) is 0.636. The van der Waals surface area contributed by atoms with Crippen LogP contribution in [0.2, 0.25) is 0 Å². The number of hydrogen-bond acceptors (Lipinski definition) is 4. The van der Waals surface area contributed by atoms with Crippen LogP contribution < -0.4 is 10.6 Å². The third-order valence-corrected chi connectivity index (χ3v) is 6.54. The predicted molar refractivity (Wildman–Crippen MR) is 112 cm³/mol. The first kappa shape index (κ1) is 20.8. The molecular formula is C22H34N4O2. The van der Waals surface area contributed by atoms with Crippen molar-refractivity contribution < 1.29 is 9.59 Å². The minimum atomic E-state index is -0.407. The van der Waals surface area contributed by atoms with Gasteiger partial charge < -0.3 is 10.6 Å². The number of carbonyl (C=O) groups excluding carboxylic acids is 2. The van der Waals surface area contributed by atoms with Crippen LogP contribution in [0.25, 0.3) is 0 Å². The minimum absolute atomic E-state index is 0.00547. The van der Waals surface area contributed by atoms with E-state index in [1.54, 1.807) is 0 Å². The van der Waals surface area contributed by atoms with Crippen molar-refractivity contribution in [2.24, 2.45) is 0 Å². The highest BCUT2D eigenvalue weighted by atomic mass is 16.2. The molecule has 1 atom stereocenters. The van der Waals surface area contributed by atoms with Gasteiger partial charge in [0.15, 0.2) is 0 Å². The lowest BCUT2D eigenvalue weighted by Crippen LogP contribution is -2.61. The van der Waals surface area contributed by atoms with Crippen LogP contribution in [0.15, 0.2) is 24.3 Å². The predicted octanol–water partition coefficient (Wildman–Crippen LogP) is 2.42. The van der Waals surface area contributed by atoms with Crippen LogP contribution >= 0.6 is 0 Å². The van der Waals surface area contributed by atoms with E-state index in [4.69, 9.17) is 0 Å². The Kier molecular flexibility index (Phi) is 6.73. The van der Waals surface area contributed by atoms with Gasteiger partial charge in [-0.15, -0.1) is 0 Å². The van der Waals surface area contributed by atoms with Crippen LogP contribution in [-0.2, 0) is 9.59 Å². The molecule has 6 nitrogen and oxygen atoms in total.